The molecule has 17 heavy (non-hydrogen) atoms. The largest absolute Gasteiger partial charge is 0.391 e. The summed E-state index contributed by atoms with van der Waals surface area (Å²) >= 11 is 0. The van der Waals surface area contributed by atoms with Crippen molar-refractivity contribution in [3.05, 3.63) is 0 Å². The predicted octanol–water partition coefficient (Wildman–Crippen LogP) is 0.821. The van der Waals surface area contributed by atoms with Gasteiger partial charge in [0.15, 0.2) is 0 Å². The molecule has 4 nitrogen and oxygen atoms in total. The molecule has 0 amide bonds. The SMILES string of the molecule is CCN(C)CC.CN(C)C.C[N+](C)(C)CCO. The van der Waals surface area contributed by atoms with Crippen molar-refractivity contribution in [3.63, 3.8) is 0 Å². The van der Waals surface area contributed by atoms with Gasteiger partial charge in [0.25, 0.3) is 0 Å². The fourth-order valence-corrected chi connectivity index (χ4v) is 0.524. The molecule has 0 radical (unpaired) electrons. The number of hydrogen-bond donors (Lipinski definition) is 1. The van der Waals surface area contributed by atoms with E-state index >= 15 is 0 Å². The van der Waals surface area contributed by atoms with E-state index in [1.54, 1.807) is 0 Å². The lowest BCUT2D eigenvalue weighted by Crippen LogP contribution is -2.36. The van der Waals surface area contributed by atoms with Crippen LogP contribution in [0.15, 0.2) is 0 Å². The van der Waals surface area contributed by atoms with E-state index in [1.807, 2.05) is 26.0 Å². The lowest BCUT2D eigenvalue weighted by molar-refractivity contribution is -0.870. The van der Waals surface area contributed by atoms with E-state index in [4.69, 9.17) is 5.11 Å². The summed E-state index contributed by atoms with van der Waals surface area (Å²) in [5, 5.41) is 8.39. The number of aliphatic hydroxyl groups excluding tert-OH is 1. The topological polar surface area (TPSA) is 26.7 Å². The van der Waals surface area contributed by atoms with E-state index < -0.39 is 0 Å². The van der Waals surface area contributed by atoms with Crippen molar-refractivity contribution in [2.24, 2.45) is 0 Å². The van der Waals surface area contributed by atoms with Crippen LogP contribution < -0.4 is 0 Å². The van der Waals surface area contributed by atoms with E-state index in [0.29, 0.717) is 0 Å². The van der Waals surface area contributed by atoms with Crippen LogP contribution in [-0.4, -0.2) is 95.0 Å². The van der Waals surface area contributed by atoms with Crippen molar-refractivity contribution in [2.75, 3.05) is 75.6 Å². The zero-order chi connectivity index (χ0) is 14.5. The molecule has 0 saturated carbocycles. The number of quaternary nitrogens is 1. The Morgan fingerprint density at radius 1 is 0.882 bits per heavy atom. The van der Waals surface area contributed by atoms with Gasteiger partial charge in [-0.15, -0.1) is 0 Å². The molecule has 108 valence electrons. The van der Waals surface area contributed by atoms with Crippen LogP contribution in [0.2, 0.25) is 0 Å². The normalized spacial score (nSPS) is 10.6. The maximum Gasteiger partial charge on any atom is 0.101 e. The quantitative estimate of drug-likeness (QED) is 0.749. The first-order chi connectivity index (χ1) is 7.60. The zero-order valence-electron chi connectivity index (χ0n) is 13.6. The fraction of sp³-hybridized carbons (Fsp3) is 1.00. The van der Waals surface area contributed by atoms with Gasteiger partial charge >= 0.3 is 0 Å². The van der Waals surface area contributed by atoms with Crippen LogP contribution in [0.1, 0.15) is 13.8 Å². The number of rotatable bonds is 4. The van der Waals surface area contributed by atoms with Crippen molar-refractivity contribution in [2.45, 2.75) is 13.8 Å². The maximum atomic E-state index is 8.39. The summed E-state index contributed by atoms with van der Waals surface area (Å²) < 4.78 is 0.844. The van der Waals surface area contributed by atoms with Crippen LogP contribution in [0.4, 0.5) is 0 Å². The third kappa shape index (κ3) is 49.4. The molecule has 0 aromatic heterocycles. The van der Waals surface area contributed by atoms with E-state index in [1.165, 1.54) is 0 Å². The maximum absolute atomic E-state index is 8.39. The van der Waals surface area contributed by atoms with Gasteiger partial charge in [0, 0.05) is 0 Å². The van der Waals surface area contributed by atoms with E-state index in [-0.39, 0.29) is 6.61 Å². The van der Waals surface area contributed by atoms with Gasteiger partial charge in [0.05, 0.1) is 27.7 Å². The number of nitrogens with zero attached hydrogens (tertiary/aromatic N) is 3. The van der Waals surface area contributed by atoms with Gasteiger partial charge in [0.1, 0.15) is 6.54 Å². The molecule has 0 aromatic rings. The summed E-state index contributed by atoms with van der Waals surface area (Å²) in [6.45, 7) is 7.75. The molecule has 0 bridgehead atoms. The first kappa shape index (κ1) is 22.1. The van der Waals surface area contributed by atoms with Gasteiger partial charge in [-0.1, -0.05) is 13.8 Å². The molecule has 0 rings (SSSR count). The molecule has 0 atom stereocenters. The second-order valence-corrected chi connectivity index (χ2v) is 5.57. The van der Waals surface area contributed by atoms with Crippen LogP contribution in [0.5, 0.6) is 0 Å². The fourth-order valence-electron chi connectivity index (χ4n) is 0.524. The molecule has 0 heterocycles. The molecule has 0 unspecified atom stereocenters. The Morgan fingerprint density at radius 3 is 1.18 bits per heavy atom. The molecule has 0 aliphatic carbocycles. The molecule has 1 N–H and O–H groups in total. The summed E-state index contributed by atoms with van der Waals surface area (Å²) in [4.78, 5) is 4.25. The minimum atomic E-state index is 0.281. The van der Waals surface area contributed by atoms with Crippen molar-refractivity contribution >= 4 is 0 Å². The molecule has 0 spiro atoms. The van der Waals surface area contributed by atoms with Crippen molar-refractivity contribution < 1.29 is 9.59 Å². The summed E-state index contributed by atoms with van der Waals surface area (Å²) in [7, 11) is 14.3. The Kier molecular flexibility index (Phi) is 18.0. The van der Waals surface area contributed by atoms with Crippen LogP contribution in [0, 0.1) is 0 Å². The Balaban J connectivity index is -0.000000180. The molecular weight excluding hydrogens is 214 g/mol. The smallest absolute Gasteiger partial charge is 0.101 e. The highest BCUT2D eigenvalue weighted by molar-refractivity contribution is 4.36. The van der Waals surface area contributed by atoms with Crippen molar-refractivity contribution in [1.29, 1.82) is 0 Å². The Morgan fingerprint density at radius 2 is 1.18 bits per heavy atom. The number of aliphatic hydroxyl groups is 1. The van der Waals surface area contributed by atoms with Crippen molar-refractivity contribution in [1.82, 2.24) is 9.80 Å². The first-order valence-corrected chi connectivity index (χ1v) is 6.31. The van der Waals surface area contributed by atoms with E-state index in [2.05, 4.69) is 46.9 Å². The molecular formula is C13H36N3O+. The molecule has 4 heteroatoms. The minimum Gasteiger partial charge on any atom is -0.391 e. The van der Waals surface area contributed by atoms with Crippen LogP contribution in [0.3, 0.4) is 0 Å². The lowest BCUT2D eigenvalue weighted by Gasteiger charge is -2.21. The van der Waals surface area contributed by atoms with Crippen LogP contribution >= 0.6 is 0 Å². The van der Waals surface area contributed by atoms with Crippen LogP contribution in [-0.2, 0) is 0 Å². The Bertz CT molecular complexity index is 126. The van der Waals surface area contributed by atoms with Gasteiger partial charge in [-0.25, -0.2) is 0 Å². The standard InChI is InChI=1S/C5H14NO.C5H13N.C3H9N/c1-6(2,3)4-5-7;1-4-6(3)5-2;1-4(2)3/h7H,4-5H2,1-3H3;4-5H2,1-3H3;1-3H3/q+1;;. The highest BCUT2D eigenvalue weighted by atomic mass is 16.3. The van der Waals surface area contributed by atoms with Gasteiger partial charge in [-0.2, -0.15) is 0 Å². The number of hydrogen-bond acceptors (Lipinski definition) is 3. The minimum absolute atomic E-state index is 0.281. The van der Waals surface area contributed by atoms with Gasteiger partial charge in [-0.3, -0.25) is 0 Å². The first-order valence-electron chi connectivity index (χ1n) is 6.31. The number of likely N-dealkylation sites (N-methyl/N-ethyl adjacent to an activating group) is 1. The van der Waals surface area contributed by atoms with E-state index in [0.717, 1.165) is 24.1 Å². The average Bonchev–Trinajstić information content (AvgIpc) is 2.14. The second-order valence-electron chi connectivity index (χ2n) is 5.57. The van der Waals surface area contributed by atoms with Gasteiger partial charge in [-0.05, 0) is 41.3 Å². The summed E-state index contributed by atoms with van der Waals surface area (Å²) in [5.74, 6) is 0. The lowest BCUT2D eigenvalue weighted by atomic mass is 10.5. The Hall–Kier alpha value is -0.160. The summed E-state index contributed by atoms with van der Waals surface area (Å²) in [6.07, 6.45) is 0. The average molecular weight is 250 g/mol. The highest BCUT2D eigenvalue weighted by Gasteiger charge is 2.02. The van der Waals surface area contributed by atoms with E-state index in [9.17, 15) is 0 Å². The predicted molar refractivity (Wildman–Crippen MR) is 78.4 cm³/mol. The van der Waals surface area contributed by atoms with Crippen molar-refractivity contribution in [3.8, 4) is 0 Å². The van der Waals surface area contributed by atoms with Gasteiger partial charge in [0.2, 0.25) is 0 Å². The summed E-state index contributed by atoms with van der Waals surface area (Å²) in [6, 6.07) is 0. The third-order valence-corrected chi connectivity index (χ3v) is 1.85. The molecule has 0 aromatic carbocycles. The monoisotopic (exact) mass is 250 g/mol. The Labute approximate surface area is 109 Å². The molecule has 0 fully saturated rings. The molecule has 0 aliphatic heterocycles. The zero-order valence-corrected chi connectivity index (χ0v) is 13.6. The van der Waals surface area contributed by atoms with Gasteiger partial charge < -0.3 is 19.4 Å². The highest BCUT2D eigenvalue weighted by Crippen LogP contribution is 1.84. The van der Waals surface area contributed by atoms with Crippen LogP contribution in [0.25, 0.3) is 0 Å². The summed E-state index contributed by atoms with van der Waals surface area (Å²) in [5.41, 5.74) is 0. The third-order valence-electron chi connectivity index (χ3n) is 1.85. The molecule has 0 saturated heterocycles. The second kappa shape index (κ2) is 13.9. The molecule has 0 aliphatic rings.